The van der Waals surface area contributed by atoms with Crippen molar-refractivity contribution in [3.05, 3.63) is 30.3 Å². The van der Waals surface area contributed by atoms with Gasteiger partial charge in [0.1, 0.15) is 6.29 Å². The van der Waals surface area contributed by atoms with E-state index in [0.717, 1.165) is 32.5 Å². The molecule has 1 aromatic carbocycles. The summed E-state index contributed by atoms with van der Waals surface area (Å²) in [5.74, 6) is 0. The Labute approximate surface area is 116 Å². The summed E-state index contributed by atoms with van der Waals surface area (Å²) in [6.07, 6.45) is 1.51. The number of para-hydroxylation sites is 1. The topological polar surface area (TPSA) is 49.6 Å². The fourth-order valence-corrected chi connectivity index (χ4v) is 2.17. The molecule has 0 aromatic heterocycles. The van der Waals surface area contributed by atoms with Crippen LogP contribution in [0, 0.1) is 0 Å². The lowest BCUT2D eigenvalue weighted by Crippen LogP contribution is -2.55. The number of nitrogens with zero attached hydrogens (tertiary/aromatic N) is 2. The van der Waals surface area contributed by atoms with Gasteiger partial charge >= 0.3 is 0 Å². The van der Waals surface area contributed by atoms with Crippen LogP contribution in [-0.2, 0) is 4.79 Å². The van der Waals surface area contributed by atoms with Gasteiger partial charge in [-0.05, 0) is 19.2 Å². The van der Waals surface area contributed by atoms with E-state index in [2.05, 4.69) is 47.2 Å². The van der Waals surface area contributed by atoms with Crippen molar-refractivity contribution >= 4 is 12.0 Å². The molecule has 0 amide bonds. The first-order valence-electron chi connectivity index (χ1n) is 6.86. The number of carbonyl (C=O) groups is 1. The molecule has 0 spiro atoms. The van der Waals surface area contributed by atoms with Crippen LogP contribution in [0.15, 0.2) is 30.3 Å². The first-order valence-corrected chi connectivity index (χ1v) is 6.86. The Morgan fingerprint density at radius 2 is 1.95 bits per heavy atom. The fraction of sp³-hybridized carbons (Fsp3) is 0.533. The van der Waals surface area contributed by atoms with Crippen LogP contribution >= 0.6 is 0 Å². The highest BCUT2D eigenvalue weighted by Gasteiger charge is 2.23. The van der Waals surface area contributed by atoms with Gasteiger partial charge in [-0.2, -0.15) is 0 Å². The van der Waals surface area contributed by atoms with Gasteiger partial charge in [-0.1, -0.05) is 25.1 Å². The Morgan fingerprint density at radius 1 is 1.32 bits per heavy atom. The second kappa shape index (κ2) is 8.67. The minimum absolute atomic E-state index is 0.450. The first-order chi connectivity index (χ1) is 9.22. The standard InChI is InChI=1S/C12H19N3.C3H6O/c1-14-7-8-15(12(9-13)10-14)11-5-3-2-4-6-11;1-2-3-4/h2-6,12H,7-10,13H2,1H3;3H,2H2,1H3. The minimum Gasteiger partial charge on any atom is -0.365 e. The van der Waals surface area contributed by atoms with Crippen molar-refractivity contribution in [1.29, 1.82) is 0 Å². The summed E-state index contributed by atoms with van der Waals surface area (Å²) in [4.78, 5) is 13.9. The zero-order chi connectivity index (χ0) is 14.1. The SMILES string of the molecule is CCC=O.CN1CCN(c2ccccc2)C(CN)C1. The van der Waals surface area contributed by atoms with E-state index in [1.54, 1.807) is 0 Å². The highest BCUT2D eigenvalue weighted by atomic mass is 16.1. The van der Waals surface area contributed by atoms with Gasteiger partial charge in [-0.25, -0.2) is 0 Å². The predicted octanol–water partition coefficient (Wildman–Crippen LogP) is 1.36. The smallest absolute Gasteiger partial charge is 0.119 e. The summed E-state index contributed by atoms with van der Waals surface area (Å²) in [6.45, 7) is 5.78. The van der Waals surface area contributed by atoms with Crippen LogP contribution in [0.2, 0.25) is 0 Å². The molecule has 1 saturated heterocycles. The lowest BCUT2D eigenvalue weighted by atomic mass is 10.1. The zero-order valence-corrected chi connectivity index (χ0v) is 12.0. The average Bonchev–Trinajstić information content (AvgIpc) is 2.48. The van der Waals surface area contributed by atoms with Gasteiger partial charge in [0.2, 0.25) is 0 Å². The quantitative estimate of drug-likeness (QED) is 0.837. The van der Waals surface area contributed by atoms with E-state index in [0.29, 0.717) is 12.5 Å². The third-order valence-corrected chi connectivity index (χ3v) is 3.21. The molecular formula is C15H25N3O. The van der Waals surface area contributed by atoms with Crippen molar-refractivity contribution in [2.45, 2.75) is 19.4 Å². The van der Waals surface area contributed by atoms with E-state index in [-0.39, 0.29) is 0 Å². The Balaban J connectivity index is 0.000000399. The molecule has 1 fully saturated rings. The van der Waals surface area contributed by atoms with E-state index in [4.69, 9.17) is 5.73 Å². The van der Waals surface area contributed by atoms with Gasteiger partial charge in [0, 0.05) is 38.3 Å². The number of benzene rings is 1. The Kier molecular flexibility index (Phi) is 7.15. The number of hydrogen-bond acceptors (Lipinski definition) is 4. The highest BCUT2D eigenvalue weighted by Crippen LogP contribution is 2.18. The van der Waals surface area contributed by atoms with Crippen LogP contribution in [-0.4, -0.2) is 50.5 Å². The maximum Gasteiger partial charge on any atom is 0.119 e. The monoisotopic (exact) mass is 263 g/mol. The molecule has 1 unspecified atom stereocenters. The van der Waals surface area contributed by atoms with Crippen molar-refractivity contribution in [1.82, 2.24) is 4.90 Å². The molecule has 1 aromatic rings. The molecule has 0 bridgehead atoms. The van der Waals surface area contributed by atoms with Gasteiger partial charge in [0.15, 0.2) is 0 Å². The molecule has 2 N–H and O–H groups in total. The summed E-state index contributed by atoms with van der Waals surface area (Å²) in [7, 11) is 2.16. The molecule has 1 aliphatic heterocycles. The number of hydrogen-bond donors (Lipinski definition) is 1. The maximum absolute atomic E-state index is 9.17. The van der Waals surface area contributed by atoms with Crippen LogP contribution in [0.25, 0.3) is 0 Å². The van der Waals surface area contributed by atoms with Crippen molar-refractivity contribution in [2.24, 2.45) is 5.73 Å². The Bertz CT molecular complexity index is 356. The summed E-state index contributed by atoms with van der Waals surface area (Å²) in [5.41, 5.74) is 7.12. The van der Waals surface area contributed by atoms with Crippen molar-refractivity contribution in [2.75, 3.05) is 38.1 Å². The third-order valence-electron chi connectivity index (χ3n) is 3.21. The van der Waals surface area contributed by atoms with Crippen molar-refractivity contribution in [3.63, 3.8) is 0 Å². The summed E-state index contributed by atoms with van der Waals surface area (Å²) in [5, 5.41) is 0. The van der Waals surface area contributed by atoms with Gasteiger partial charge in [-0.3, -0.25) is 0 Å². The first kappa shape index (κ1) is 15.7. The number of nitrogens with two attached hydrogens (primary N) is 1. The van der Waals surface area contributed by atoms with E-state index >= 15 is 0 Å². The summed E-state index contributed by atoms with van der Waals surface area (Å²) in [6, 6.07) is 11.0. The van der Waals surface area contributed by atoms with Crippen LogP contribution in [0.1, 0.15) is 13.3 Å². The number of carbonyl (C=O) groups excluding carboxylic acids is 1. The molecular weight excluding hydrogens is 238 g/mol. The van der Waals surface area contributed by atoms with E-state index in [1.807, 2.05) is 6.92 Å². The Morgan fingerprint density at radius 3 is 2.47 bits per heavy atom. The van der Waals surface area contributed by atoms with E-state index < -0.39 is 0 Å². The molecule has 19 heavy (non-hydrogen) atoms. The molecule has 1 heterocycles. The van der Waals surface area contributed by atoms with Gasteiger partial charge in [0.25, 0.3) is 0 Å². The lowest BCUT2D eigenvalue weighted by molar-refractivity contribution is -0.107. The second-order valence-corrected chi connectivity index (χ2v) is 4.76. The van der Waals surface area contributed by atoms with E-state index in [9.17, 15) is 4.79 Å². The lowest BCUT2D eigenvalue weighted by Gasteiger charge is -2.41. The molecule has 0 radical (unpaired) electrons. The number of rotatable bonds is 3. The molecule has 2 rings (SSSR count). The molecule has 0 saturated carbocycles. The van der Waals surface area contributed by atoms with Gasteiger partial charge in [0.05, 0.1) is 6.04 Å². The maximum atomic E-state index is 9.17. The van der Waals surface area contributed by atoms with E-state index in [1.165, 1.54) is 5.69 Å². The fourth-order valence-electron chi connectivity index (χ4n) is 2.17. The van der Waals surface area contributed by atoms with Crippen LogP contribution in [0.5, 0.6) is 0 Å². The van der Waals surface area contributed by atoms with Crippen LogP contribution < -0.4 is 10.6 Å². The van der Waals surface area contributed by atoms with Crippen molar-refractivity contribution < 1.29 is 4.79 Å². The third kappa shape index (κ3) is 5.01. The molecule has 1 aliphatic rings. The summed E-state index contributed by atoms with van der Waals surface area (Å²) >= 11 is 0. The predicted molar refractivity (Wildman–Crippen MR) is 80.5 cm³/mol. The normalized spacial score (nSPS) is 19.5. The number of aldehydes is 1. The average molecular weight is 263 g/mol. The van der Waals surface area contributed by atoms with Gasteiger partial charge < -0.3 is 20.3 Å². The molecule has 106 valence electrons. The summed E-state index contributed by atoms with van der Waals surface area (Å²) < 4.78 is 0. The molecule has 1 atom stereocenters. The van der Waals surface area contributed by atoms with Crippen LogP contribution in [0.4, 0.5) is 5.69 Å². The Hall–Kier alpha value is -1.39. The molecule has 4 heteroatoms. The molecule has 4 nitrogen and oxygen atoms in total. The highest BCUT2D eigenvalue weighted by molar-refractivity contribution is 5.48. The number of piperazine rings is 1. The second-order valence-electron chi connectivity index (χ2n) is 4.76. The van der Waals surface area contributed by atoms with Crippen molar-refractivity contribution in [3.8, 4) is 0 Å². The molecule has 0 aliphatic carbocycles. The number of anilines is 1. The van der Waals surface area contributed by atoms with Gasteiger partial charge in [-0.15, -0.1) is 0 Å². The zero-order valence-electron chi connectivity index (χ0n) is 12.0. The minimum atomic E-state index is 0.450. The van der Waals surface area contributed by atoms with Crippen LogP contribution in [0.3, 0.4) is 0 Å². The largest absolute Gasteiger partial charge is 0.365 e. The number of likely N-dealkylation sites (N-methyl/N-ethyl adjacent to an activating group) is 1.